The molecule has 0 atom stereocenters. The van der Waals surface area contributed by atoms with Crippen LogP contribution in [0.3, 0.4) is 0 Å². The fourth-order valence-electron chi connectivity index (χ4n) is 2.54. The predicted octanol–water partition coefficient (Wildman–Crippen LogP) is 3.98. The maximum atomic E-state index is 12.4. The molecule has 2 aromatic carbocycles. The maximum absolute atomic E-state index is 12.4. The maximum Gasteiger partial charge on any atom is 0.266 e. The average Bonchev–Trinajstić information content (AvgIpc) is 2.71. The highest BCUT2D eigenvalue weighted by atomic mass is 16.5. The minimum atomic E-state index is -0.495. The lowest BCUT2D eigenvalue weighted by molar-refractivity contribution is -0.112. The smallest absolute Gasteiger partial charge is 0.266 e. The lowest BCUT2D eigenvalue weighted by Gasteiger charge is -2.14. The van der Waals surface area contributed by atoms with Crippen molar-refractivity contribution in [2.24, 2.45) is 0 Å². The van der Waals surface area contributed by atoms with Gasteiger partial charge in [-0.15, -0.1) is 13.0 Å². The van der Waals surface area contributed by atoms with Crippen LogP contribution >= 0.6 is 0 Å². The third kappa shape index (κ3) is 5.27. The normalized spacial score (nSPS) is 10.3. The predicted molar refractivity (Wildman–Crippen MR) is 110 cm³/mol. The monoisotopic (exact) mass is 372 g/mol. The summed E-state index contributed by atoms with van der Waals surface area (Å²) in [7, 11) is 1.51. The highest BCUT2D eigenvalue weighted by Crippen LogP contribution is 2.34. The molecule has 5 nitrogen and oxygen atoms in total. The van der Waals surface area contributed by atoms with Crippen LogP contribution in [0.1, 0.15) is 11.1 Å². The van der Waals surface area contributed by atoms with E-state index in [2.05, 4.69) is 17.8 Å². The van der Waals surface area contributed by atoms with Gasteiger partial charge in [-0.25, -0.2) is 0 Å². The quantitative estimate of drug-likeness (QED) is 0.329. The van der Waals surface area contributed by atoms with Crippen molar-refractivity contribution in [2.75, 3.05) is 19.0 Å². The number of allylic oxidation sites excluding steroid dienone is 1. The molecule has 0 saturated carbocycles. The molecule has 140 valence electrons. The summed E-state index contributed by atoms with van der Waals surface area (Å²) in [5, 5.41) is 12.1. The number of carbonyl (C=O) groups is 1. The molecule has 0 aliphatic rings. The number of benzene rings is 2. The first kappa shape index (κ1) is 20.4. The van der Waals surface area contributed by atoms with Gasteiger partial charge in [-0.1, -0.05) is 30.2 Å². The van der Waals surface area contributed by atoms with Crippen molar-refractivity contribution in [3.63, 3.8) is 0 Å². The molecule has 0 saturated heterocycles. The van der Waals surface area contributed by atoms with E-state index in [1.54, 1.807) is 36.4 Å². The van der Waals surface area contributed by atoms with Gasteiger partial charge >= 0.3 is 0 Å². The number of rotatable bonds is 8. The molecular weight excluding hydrogens is 352 g/mol. The standard InChI is InChI=1S/C23H20N2O3/c1-4-9-18-13-17(15-21(27-3)22(18)28-12-5-2)14-19(16-24)23(26)25-20-10-7-6-8-11-20/h2,4,6-8,10-11,13-15H,1,9,12H2,3H3,(H,25,26)/b19-14+. The van der Waals surface area contributed by atoms with Crippen LogP contribution in [-0.4, -0.2) is 19.6 Å². The van der Waals surface area contributed by atoms with Crippen LogP contribution in [0.5, 0.6) is 11.5 Å². The Bertz CT molecular complexity index is 964. The summed E-state index contributed by atoms with van der Waals surface area (Å²) in [6.07, 6.45) is 9.01. The molecule has 1 N–H and O–H groups in total. The lowest BCUT2D eigenvalue weighted by atomic mass is 10.0. The first-order valence-electron chi connectivity index (χ1n) is 8.49. The van der Waals surface area contributed by atoms with E-state index in [4.69, 9.17) is 15.9 Å². The molecule has 0 fully saturated rings. The molecule has 5 heteroatoms. The van der Waals surface area contributed by atoms with Crippen LogP contribution in [-0.2, 0) is 11.2 Å². The number of hydrogen-bond acceptors (Lipinski definition) is 4. The summed E-state index contributed by atoms with van der Waals surface area (Å²) in [5.41, 5.74) is 1.99. The molecule has 0 aromatic heterocycles. The van der Waals surface area contributed by atoms with E-state index in [1.165, 1.54) is 13.2 Å². The summed E-state index contributed by atoms with van der Waals surface area (Å²) in [6, 6.07) is 14.4. The molecule has 28 heavy (non-hydrogen) atoms. The fraction of sp³-hybridized carbons (Fsp3) is 0.130. The number of carbonyl (C=O) groups excluding carboxylic acids is 1. The highest BCUT2D eigenvalue weighted by molar-refractivity contribution is 6.09. The zero-order chi connectivity index (χ0) is 20.4. The second kappa shape index (κ2) is 10.3. The molecule has 0 spiro atoms. The molecule has 0 aliphatic carbocycles. The van der Waals surface area contributed by atoms with Gasteiger partial charge in [-0.2, -0.15) is 5.26 Å². The number of hydrogen-bond donors (Lipinski definition) is 1. The topological polar surface area (TPSA) is 71.3 Å². The molecule has 1 amide bonds. The Balaban J connectivity index is 2.39. The van der Waals surface area contributed by atoms with Gasteiger partial charge in [0.25, 0.3) is 5.91 Å². The fourth-order valence-corrected chi connectivity index (χ4v) is 2.54. The first-order chi connectivity index (χ1) is 13.6. The Hall–Kier alpha value is -3.96. The Morgan fingerprint density at radius 1 is 1.32 bits per heavy atom. The summed E-state index contributed by atoms with van der Waals surface area (Å²) < 4.78 is 11.0. The largest absolute Gasteiger partial charge is 0.493 e. The highest BCUT2D eigenvalue weighted by Gasteiger charge is 2.14. The number of terminal acetylenes is 1. The number of nitrogens with zero attached hydrogens (tertiary/aromatic N) is 1. The number of methoxy groups -OCH3 is 1. The number of amides is 1. The van der Waals surface area contributed by atoms with E-state index < -0.39 is 5.91 Å². The molecule has 0 unspecified atom stereocenters. The van der Waals surface area contributed by atoms with Crippen LogP contribution < -0.4 is 14.8 Å². The first-order valence-corrected chi connectivity index (χ1v) is 8.49. The van der Waals surface area contributed by atoms with Crippen molar-refractivity contribution in [3.8, 4) is 29.9 Å². The van der Waals surface area contributed by atoms with Gasteiger partial charge < -0.3 is 14.8 Å². The van der Waals surface area contributed by atoms with Gasteiger partial charge in [-0.3, -0.25) is 4.79 Å². The van der Waals surface area contributed by atoms with E-state index in [-0.39, 0.29) is 12.2 Å². The number of ether oxygens (including phenoxy) is 2. The van der Waals surface area contributed by atoms with Crippen LogP contribution in [0.25, 0.3) is 6.08 Å². The lowest BCUT2D eigenvalue weighted by Crippen LogP contribution is -2.13. The van der Waals surface area contributed by atoms with Crippen LogP contribution in [0, 0.1) is 23.7 Å². The van der Waals surface area contributed by atoms with E-state index in [0.29, 0.717) is 29.2 Å². The number of para-hydroxylation sites is 1. The molecular formula is C23H20N2O3. The number of anilines is 1. The van der Waals surface area contributed by atoms with Crippen LogP contribution in [0.4, 0.5) is 5.69 Å². The minimum Gasteiger partial charge on any atom is -0.493 e. The second-order valence-corrected chi connectivity index (χ2v) is 5.69. The van der Waals surface area contributed by atoms with Crippen molar-refractivity contribution in [1.82, 2.24) is 0 Å². The van der Waals surface area contributed by atoms with Crippen molar-refractivity contribution < 1.29 is 14.3 Å². The Labute approximate surface area is 164 Å². The third-order valence-corrected chi connectivity index (χ3v) is 3.75. The summed E-state index contributed by atoms with van der Waals surface area (Å²) in [6.45, 7) is 3.84. The molecule has 0 heterocycles. The molecule has 0 bridgehead atoms. The van der Waals surface area contributed by atoms with Crippen molar-refractivity contribution >= 4 is 17.7 Å². The van der Waals surface area contributed by atoms with Crippen molar-refractivity contribution in [2.45, 2.75) is 6.42 Å². The molecule has 2 aromatic rings. The number of nitriles is 1. The van der Waals surface area contributed by atoms with E-state index in [1.807, 2.05) is 18.2 Å². The van der Waals surface area contributed by atoms with E-state index in [9.17, 15) is 10.1 Å². The van der Waals surface area contributed by atoms with Gasteiger partial charge in [-0.05, 0) is 42.3 Å². The molecule has 0 aliphatic heterocycles. The third-order valence-electron chi connectivity index (χ3n) is 3.75. The van der Waals surface area contributed by atoms with Crippen molar-refractivity contribution in [3.05, 3.63) is 71.8 Å². The zero-order valence-corrected chi connectivity index (χ0v) is 15.6. The van der Waals surface area contributed by atoms with Gasteiger partial charge in [0.05, 0.1) is 7.11 Å². The Kier molecular flexibility index (Phi) is 7.45. The van der Waals surface area contributed by atoms with E-state index >= 15 is 0 Å². The number of nitrogens with one attached hydrogen (secondary N) is 1. The van der Waals surface area contributed by atoms with E-state index in [0.717, 1.165) is 5.56 Å². The summed E-state index contributed by atoms with van der Waals surface area (Å²) >= 11 is 0. The van der Waals surface area contributed by atoms with Crippen LogP contribution in [0.15, 0.2) is 60.7 Å². The SMILES string of the molecule is C#CCOc1c(CC=C)cc(/C=C(\C#N)C(=O)Nc2ccccc2)cc1OC. The average molecular weight is 372 g/mol. The van der Waals surface area contributed by atoms with Crippen molar-refractivity contribution in [1.29, 1.82) is 5.26 Å². The second-order valence-electron chi connectivity index (χ2n) is 5.69. The van der Waals surface area contributed by atoms with Gasteiger partial charge in [0.2, 0.25) is 0 Å². The molecule has 0 radical (unpaired) electrons. The summed E-state index contributed by atoms with van der Waals surface area (Å²) in [4.78, 5) is 12.4. The van der Waals surface area contributed by atoms with Gasteiger partial charge in [0, 0.05) is 11.3 Å². The van der Waals surface area contributed by atoms with Crippen LogP contribution in [0.2, 0.25) is 0 Å². The zero-order valence-electron chi connectivity index (χ0n) is 15.6. The minimum absolute atomic E-state index is 0.0345. The Morgan fingerprint density at radius 3 is 2.68 bits per heavy atom. The Morgan fingerprint density at radius 2 is 2.07 bits per heavy atom. The molecule has 2 rings (SSSR count). The van der Waals surface area contributed by atoms with Gasteiger partial charge in [0.1, 0.15) is 18.2 Å². The van der Waals surface area contributed by atoms with Gasteiger partial charge in [0.15, 0.2) is 11.5 Å². The summed E-state index contributed by atoms with van der Waals surface area (Å²) in [5.74, 6) is 2.90.